The molecule has 90 valence electrons. The Kier molecular flexibility index (Phi) is 4.06. The van der Waals surface area contributed by atoms with Crippen molar-refractivity contribution in [1.82, 2.24) is 9.97 Å². The fraction of sp³-hybridized carbons (Fsp3) is 0.636. The van der Waals surface area contributed by atoms with Crippen molar-refractivity contribution in [2.75, 3.05) is 19.0 Å². The van der Waals surface area contributed by atoms with Gasteiger partial charge in [-0.05, 0) is 12.8 Å². The van der Waals surface area contributed by atoms with Crippen LogP contribution in [-0.2, 0) is 0 Å². The lowest BCUT2D eigenvalue weighted by atomic mass is 9.88. The summed E-state index contributed by atoms with van der Waals surface area (Å²) in [5, 5.41) is 3.30. The zero-order valence-electron chi connectivity index (χ0n) is 10.3. The van der Waals surface area contributed by atoms with E-state index in [1.165, 1.54) is 0 Å². The summed E-state index contributed by atoms with van der Waals surface area (Å²) < 4.78 is 5.02. The number of hydrogen-bond donors (Lipinski definition) is 2. The monoisotopic (exact) mass is 224 g/mol. The van der Waals surface area contributed by atoms with Crippen LogP contribution < -0.4 is 15.8 Å². The van der Waals surface area contributed by atoms with Crippen LogP contribution in [0.1, 0.15) is 20.8 Å². The van der Waals surface area contributed by atoms with E-state index in [1.54, 1.807) is 19.5 Å². The molecule has 0 spiro atoms. The van der Waals surface area contributed by atoms with Crippen LogP contribution >= 0.6 is 0 Å². The summed E-state index contributed by atoms with van der Waals surface area (Å²) in [7, 11) is 1.57. The highest BCUT2D eigenvalue weighted by Crippen LogP contribution is 2.21. The Labute approximate surface area is 96.4 Å². The molecule has 0 aromatic carbocycles. The van der Waals surface area contributed by atoms with Crippen LogP contribution in [0.5, 0.6) is 5.88 Å². The van der Waals surface area contributed by atoms with Crippen molar-refractivity contribution in [2.24, 2.45) is 11.7 Å². The van der Waals surface area contributed by atoms with Gasteiger partial charge in [-0.15, -0.1) is 0 Å². The molecule has 1 heterocycles. The molecule has 0 radical (unpaired) electrons. The Morgan fingerprint density at radius 3 is 2.69 bits per heavy atom. The summed E-state index contributed by atoms with van der Waals surface area (Å²) in [4.78, 5) is 8.30. The second-order valence-corrected chi connectivity index (χ2v) is 4.35. The Morgan fingerprint density at radius 1 is 1.50 bits per heavy atom. The second-order valence-electron chi connectivity index (χ2n) is 4.35. The molecule has 0 aliphatic carbocycles. The van der Waals surface area contributed by atoms with E-state index in [4.69, 9.17) is 10.5 Å². The van der Waals surface area contributed by atoms with Crippen LogP contribution in [0.25, 0.3) is 0 Å². The first-order chi connectivity index (χ1) is 7.51. The third-order valence-corrected chi connectivity index (χ3v) is 2.93. The zero-order valence-corrected chi connectivity index (χ0v) is 10.3. The fourth-order valence-electron chi connectivity index (χ4n) is 1.23. The second kappa shape index (κ2) is 5.12. The summed E-state index contributed by atoms with van der Waals surface area (Å²) in [5.41, 5.74) is 5.59. The average molecular weight is 224 g/mol. The average Bonchev–Trinajstić information content (AvgIpc) is 2.29. The third kappa shape index (κ3) is 2.82. The summed E-state index contributed by atoms with van der Waals surface area (Å²) in [6, 6.07) is 0. The van der Waals surface area contributed by atoms with E-state index in [9.17, 15) is 0 Å². The van der Waals surface area contributed by atoms with Crippen LogP contribution in [0.2, 0.25) is 0 Å². The maximum Gasteiger partial charge on any atom is 0.233 e. The van der Waals surface area contributed by atoms with E-state index in [1.807, 2.05) is 0 Å². The lowest BCUT2D eigenvalue weighted by Crippen LogP contribution is -2.47. The minimum Gasteiger partial charge on any atom is -0.480 e. The molecule has 1 unspecified atom stereocenters. The van der Waals surface area contributed by atoms with Crippen LogP contribution in [0.15, 0.2) is 12.4 Å². The molecule has 1 atom stereocenters. The Hall–Kier alpha value is -1.36. The first-order valence-corrected chi connectivity index (χ1v) is 5.36. The molecule has 0 saturated carbocycles. The number of hydrogen-bond acceptors (Lipinski definition) is 5. The summed E-state index contributed by atoms with van der Waals surface area (Å²) in [5.74, 6) is 1.57. The van der Waals surface area contributed by atoms with Gasteiger partial charge in [-0.1, -0.05) is 13.8 Å². The number of rotatable bonds is 5. The molecule has 0 amide bonds. The van der Waals surface area contributed by atoms with Crippen LogP contribution in [0, 0.1) is 5.92 Å². The molecule has 1 rings (SSSR count). The quantitative estimate of drug-likeness (QED) is 0.788. The van der Waals surface area contributed by atoms with E-state index in [-0.39, 0.29) is 5.54 Å². The molecule has 16 heavy (non-hydrogen) atoms. The number of nitrogens with zero attached hydrogens (tertiary/aromatic N) is 2. The normalized spacial score (nSPS) is 14.6. The number of anilines is 1. The van der Waals surface area contributed by atoms with Gasteiger partial charge >= 0.3 is 0 Å². The molecule has 5 heteroatoms. The molecule has 0 fully saturated rings. The summed E-state index contributed by atoms with van der Waals surface area (Å²) in [6.07, 6.45) is 3.24. The van der Waals surface area contributed by atoms with E-state index in [0.29, 0.717) is 24.2 Å². The van der Waals surface area contributed by atoms with Gasteiger partial charge in [-0.3, -0.25) is 4.98 Å². The maximum atomic E-state index is 5.78. The number of nitrogens with two attached hydrogens (primary N) is 1. The predicted molar refractivity (Wildman–Crippen MR) is 64.5 cm³/mol. The van der Waals surface area contributed by atoms with Gasteiger partial charge in [-0.2, -0.15) is 4.98 Å². The molecule has 0 aliphatic heterocycles. The Bertz CT molecular complexity index is 343. The lowest BCUT2D eigenvalue weighted by Gasteiger charge is -2.33. The highest BCUT2D eigenvalue weighted by molar-refractivity contribution is 5.37. The van der Waals surface area contributed by atoms with Gasteiger partial charge in [0, 0.05) is 6.54 Å². The lowest BCUT2D eigenvalue weighted by molar-refractivity contribution is 0.376. The van der Waals surface area contributed by atoms with Crippen molar-refractivity contribution in [3.8, 4) is 5.88 Å². The minimum absolute atomic E-state index is 0.193. The zero-order chi connectivity index (χ0) is 12.2. The van der Waals surface area contributed by atoms with Crippen molar-refractivity contribution in [3.63, 3.8) is 0 Å². The van der Waals surface area contributed by atoms with Crippen molar-refractivity contribution in [1.29, 1.82) is 0 Å². The number of aromatic nitrogens is 2. The Balaban J connectivity index is 2.85. The molecule has 0 bridgehead atoms. The van der Waals surface area contributed by atoms with Crippen molar-refractivity contribution >= 4 is 5.82 Å². The Morgan fingerprint density at radius 2 is 2.19 bits per heavy atom. The minimum atomic E-state index is -0.193. The number of methoxy groups -OCH3 is 1. The van der Waals surface area contributed by atoms with Gasteiger partial charge in [0.05, 0.1) is 25.0 Å². The molecule has 1 aromatic heterocycles. The van der Waals surface area contributed by atoms with Gasteiger partial charge in [0.25, 0.3) is 0 Å². The van der Waals surface area contributed by atoms with Crippen molar-refractivity contribution in [3.05, 3.63) is 12.4 Å². The highest BCUT2D eigenvalue weighted by Gasteiger charge is 2.26. The molecule has 0 aliphatic rings. The smallest absolute Gasteiger partial charge is 0.233 e. The topological polar surface area (TPSA) is 73.1 Å². The van der Waals surface area contributed by atoms with Crippen molar-refractivity contribution in [2.45, 2.75) is 26.3 Å². The maximum absolute atomic E-state index is 5.78. The van der Waals surface area contributed by atoms with Gasteiger partial charge in [-0.25, -0.2) is 0 Å². The van der Waals surface area contributed by atoms with Crippen LogP contribution in [-0.4, -0.2) is 29.2 Å². The van der Waals surface area contributed by atoms with Gasteiger partial charge < -0.3 is 15.8 Å². The van der Waals surface area contributed by atoms with Gasteiger partial charge in [0.2, 0.25) is 5.88 Å². The SMILES string of the molecule is COc1cncc(NC(C)(CN)C(C)C)n1. The molecule has 0 saturated heterocycles. The van der Waals surface area contributed by atoms with E-state index in [2.05, 4.69) is 36.1 Å². The summed E-state index contributed by atoms with van der Waals surface area (Å²) in [6.45, 7) is 6.84. The van der Waals surface area contributed by atoms with Crippen LogP contribution in [0.3, 0.4) is 0 Å². The standard InChI is InChI=1S/C11H20N4O/c1-8(2)11(3,7-12)15-9-5-13-6-10(14-9)16-4/h5-6,8H,7,12H2,1-4H3,(H,14,15). The third-order valence-electron chi connectivity index (χ3n) is 2.93. The van der Waals surface area contributed by atoms with Crippen molar-refractivity contribution < 1.29 is 4.74 Å². The van der Waals surface area contributed by atoms with E-state index < -0.39 is 0 Å². The van der Waals surface area contributed by atoms with Gasteiger partial charge in [0.15, 0.2) is 0 Å². The predicted octanol–water partition coefficient (Wildman–Crippen LogP) is 1.27. The fourth-order valence-corrected chi connectivity index (χ4v) is 1.23. The number of nitrogens with one attached hydrogen (secondary N) is 1. The molecule has 5 nitrogen and oxygen atoms in total. The largest absolute Gasteiger partial charge is 0.480 e. The van der Waals surface area contributed by atoms with E-state index >= 15 is 0 Å². The highest BCUT2D eigenvalue weighted by atomic mass is 16.5. The molecular weight excluding hydrogens is 204 g/mol. The molecule has 3 N–H and O–H groups in total. The van der Waals surface area contributed by atoms with Gasteiger partial charge in [0.1, 0.15) is 5.82 Å². The summed E-state index contributed by atoms with van der Waals surface area (Å²) >= 11 is 0. The molecule has 1 aromatic rings. The van der Waals surface area contributed by atoms with Crippen LogP contribution in [0.4, 0.5) is 5.82 Å². The number of ether oxygens (including phenoxy) is 1. The first-order valence-electron chi connectivity index (χ1n) is 5.36. The molecular formula is C11H20N4O. The van der Waals surface area contributed by atoms with E-state index in [0.717, 1.165) is 0 Å². The first kappa shape index (κ1) is 12.7.